The number of carbonyl (C=O) groups excluding carboxylic acids is 2. The monoisotopic (exact) mass is 869 g/mol. The van der Waals surface area contributed by atoms with Gasteiger partial charge in [-0.05, 0) is 90.9 Å². The van der Waals surface area contributed by atoms with Crippen LogP contribution in [-0.4, -0.2) is 176 Å². The first-order valence-corrected chi connectivity index (χ1v) is 22.6. The first kappa shape index (κ1) is 51.8. The number of carbonyl (C=O) groups is 2. The quantitative estimate of drug-likeness (QED) is 0.209. The largest absolute Gasteiger partial charge is 0.462 e. The van der Waals surface area contributed by atoms with E-state index in [0.717, 1.165) is 25.2 Å². The van der Waals surface area contributed by atoms with Crippen LogP contribution in [0, 0.1) is 35.5 Å². The lowest BCUT2D eigenvalue weighted by molar-refractivity contribution is -0.304. The predicted octanol–water partition coefficient (Wildman–Crippen LogP) is 3.34. The summed E-state index contributed by atoms with van der Waals surface area (Å²) in [7, 11) is 6.54. The molecule has 0 bridgehead atoms. The van der Waals surface area contributed by atoms with Gasteiger partial charge in [0.1, 0.15) is 30.5 Å². The Labute approximate surface area is 365 Å². The number of rotatable bonds is 12. The molecule has 0 saturated carbocycles. The molecule has 3 saturated heterocycles. The number of allylic oxidation sites excluding steroid dienone is 3. The van der Waals surface area contributed by atoms with Crippen molar-refractivity contribution in [2.24, 2.45) is 35.5 Å². The third kappa shape index (κ3) is 13.8. The van der Waals surface area contributed by atoms with E-state index in [0.29, 0.717) is 31.1 Å². The highest BCUT2D eigenvalue weighted by Crippen LogP contribution is 2.36. The topological polar surface area (TPSA) is 186 Å². The van der Waals surface area contributed by atoms with Crippen LogP contribution < -0.4 is 0 Å². The number of nitrogens with zero attached hydrogens (tertiary/aromatic N) is 2. The summed E-state index contributed by atoms with van der Waals surface area (Å²) in [5, 5.41) is 45.3. The van der Waals surface area contributed by atoms with E-state index in [1.54, 1.807) is 45.0 Å². The fourth-order valence-corrected chi connectivity index (χ4v) is 10.0. The molecule has 4 rings (SSSR count). The van der Waals surface area contributed by atoms with Gasteiger partial charge in [0.2, 0.25) is 0 Å². The summed E-state index contributed by atoms with van der Waals surface area (Å²) in [4.78, 5) is 32.1. The van der Waals surface area contributed by atoms with Gasteiger partial charge in [0.15, 0.2) is 18.4 Å². The normalized spacial score (nSPS) is 44.3. The molecule has 0 aliphatic carbocycles. The van der Waals surface area contributed by atoms with Crippen LogP contribution >= 0.6 is 0 Å². The number of hydrogen-bond donors (Lipinski definition) is 4. The minimum Gasteiger partial charge on any atom is -0.462 e. The fraction of sp³-hybridized carbons (Fsp3) is 0.870. The van der Waals surface area contributed by atoms with Gasteiger partial charge in [-0.25, -0.2) is 0 Å². The molecule has 2 unspecified atom stereocenters. The number of aliphatic hydroxyl groups is 4. The first-order chi connectivity index (χ1) is 28.8. The molecule has 4 aliphatic heterocycles. The van der Waals surface area contributed by atoms with Gasteiger partial charge in [-0.1, -0.05) is 52.3 Å². The van der Waals surface area contributed by atoms with Crippen molar-refractivity contribution in [1.82, 2.24) is 9.80 Å². The van der Waals surface area contributed by atoms with Crippen LogP contribution in [0.4, 0.5) is 0 Å². The van der Waals surface area contributed by atoms with Crippen molar-refractivity contribution in [1.29, 1.82) is 0 Å². The highest BCUT2D eigenvalue weighted by molar-refractivity contribution is 5.91. The molecule has 352 valence electrons. The number of aliphatic hydroxyl groups excluding tert-OH is 4. The van der Waals surface area contributed by atoms with Gasteiger partial charge in [-0.3, -0.25) is 9.59 Å². The second-order valence-electron chi connectivity index (χ2n) is 18.9. The lowest BCUT2D eigenvalue weighted by Crippen LogP contribution is -2.63. The van der Waals surface area contributed by atoms with E-state index in [2.05, 4.69) is 18.7 Å². The molecule has 4 heterocycles. The van der Waals surface area contributed by atoms with Gasteiger partial charge in [0.05, 0.1) is 49.6 Å². The standard InChI is InChI=1S/C46H80N2O13/c1-13-36-33(24-57-46-44(56-12)43(55-11)40(53)31(8)59-46)19-25(2)14-15-34(49)28(5)20-32(16-17-48-22-26(3)18-27(4)23-48)42(29(6)35(50)21-37(51)60-36)61-45-41(54)38(47(9)10)39(52)30(7)58-45/h14-15,19,26-33,35-36,38-46,50,52-54H,13,16-18,20-24H2,1-12H3/b15-14-,25-19-/t26?,27?,28-,29+,30-,31-,32+,33-,35-,36-,38+,39-,40-,41-,42-,43-,44-,45+,46-/m1/s1. The Morgan fingerprint density at radius 3 is 2.05 bits per heavy atom. The first-order valence-electron chi connectivity index (χ1n) is 22.6. The van der Waals surface area contributed by atoms with Gasteiger partial charge in [0.25, 0.3) is 0 Å². The van der Waals surface area contributed by atoms with Crippen LogP contribution in [0.5, 0.6) is 0 Å². The number of likely N-dealkylation sites (N-methyl/N-ethyl adjacent to an activating group) is 1. The van der Waals surface area contributed by atoms with Crippen LogP contribution in [0.25, 0.3) is 0 Å². The van der Waals surface area contributed by atoms with E-state index in [1.165, 1.54) is 20.6 Å². The maximum atomic E-state index is 14.0. The average Bonchev–Trinajstić information content (AvgIpc) is 3.19. The van der Waals surface area contributed by atoms with Crippen LogP contribution in [0.1, 0.15) is 87.5 Å². The van der Waals surface area contributed by atoms with Gasteiger partial charge >= 0.3 is 5.97 Å². The number of ketones is 1. The van der Waals surface area contributed by atoms with Crippen molar-refractivity contribution < 1.29 is 63.2 Å². The fourth-order valence-electron chi connectivity index (χ4n) is 10.0. The molecule has 0 amide bonds. The Balaban J connectivity index is 1.68. The number of esters is 1. The van der Waals surface area contributed by atoms with Gasteiger partial charge in [-0.2, -0.15) is 0 Å². The van der Waals surface area contributed by atoms with Crippen LogP contribution in [0.15, 0.2) is 23.8 Å². The average molecular weight is 869 g/mol. The Kier molecular flexibility index (Phi) is 20.3. The molecule has 4 aliphatic rings. The Morgan fingerprint density at radius 1 is 0.820 bits per heavy atom. The van der Waals surface area contributed by atoms with Crippen molar-refractivity contribution in [3.63, 3.8) is 0 Å². The summed E-state index contributed by atoms with van der Waals surface area (Å²) < 4.78 is 42.6. The molecule has 4 N–H and O–H groups in total. The maximum Gasteiger partial charge on any atom is 0.308 e. The van der Waals surface area contributed by atoms with Crippen molar-refractivity contribution in [2.45, 2.75) is 167 Å². The molecule has 0 spiro atoms. The van der Waals surface area contributed by atoms with E-state index >= 15 is 0 Å². The lowest BCUT2D eigenvalue weighted by atomic mass is 9.79. The van der Waals surface area contributed by atoms with E-state index < -0.39 is 103 Å². The molecule has 61 heavy (non-hydrogen) atoms. The molecular formula is C46H80N2O13. The number of hydrogen-bond acceptors (Lipinski definition) is 15. The molecule has 15 nitrogen and oxygen atoms in total. The summed E-state index contributed by atoms with van der Waals surface area (Å²) in [5.41, 5.74) is 0.761. The number of methoxy groups -OCH3 is 2. The van der Waals surface area contributed by atoms with Crippen LogP contribution in [-0.2, 0) is 42.7 Å². The smallest absolute Gasteiger partial charge is 0.308 e. The number of likely N-dealkylation sites (tertiary alicyclic amines) is 1. The van der Waals surface area contributed by atoms with Crippen molar-refractivity contribution in [2.75, 3.05) is 54.6 Å². The summed E-state index contributed by atoms with van der Waals surface area (Å²) in [6.07, 6.45) is -2.96. The predicted molar refractivity (Wildman–Crippen MR) is 229 cm³/mol. The minimum atomic E-state index is -1.23. The number of cyclic esters (lactones) is 1. The van der Waals surface area contributed by atoms with Crippen LogP contribution in [0.2, 0.25) is 0 Å². The molecular weight excluding hydrogens is 789 g/mol. The molecule has 0 aromatic heterocycles. The molecule has 19 atom stereocenters. The van der Waals surface area contributed by atoms with Crippen molar-refractivity contribution in [3.05, 3.63) is 23.8 Å². The Bertz CT molecular complexity index is 1420. The second-order valence-corrected chi connectivity index (χ2v) is 18.9. The Morgan fingerprint density at radius 2 is 1.44 bits per heavy atom. The van der Waals surface area contributed by atoms with E-state index in [1.807, 2.05) is 33.8 Å². The summed E-state index contributed by atoms with van der Waals surface area (Å²) in [6, 6.07) is -0.684. The zero-order chi connectivity index (χ0) is 45.3. The molecule has 0 radical (unpaired) electrons. The highest BCUT2D eigenvalue weighted by atomic mass is 16.7. The van der Waals surface area contributed by atoms with Crippen molar-refractivity contribution in [3.8, 4) is 0 Å². The lowest BCUT2D eigenvalue weighted by Gasteiger charge is -2.47. The third-order valence-electron chi connectivity index (χ3n) is 13.5. The minimum absolute atomic E-state index is 0.0427. The molecule has 3 fully saturated rings. The second kappa shape index (κ2) is 23.9. The zero-order valence-corrected chi connectivity index (χ0v) is 38.9. The summed E-state index contributed by atoms with van der Waals surface area (Å²) in [5.74, 6) is -1.46. The molecule has 0 aromatic carbocycles. The summed E-state index contributed by atoms with van der Waals surface area (Å²) >= 11 is 0. The molecule has 0 aromatic rings. The SMILES string of the molecule is CC[C@H]1OC(=O)C[C@@H](O)[C@H](C)[C@@H](O[C@@H]2O[C@H](C)[C@@H](O)[C@H](N(C)C)[C@H]2O)[C@@H](CCN2CC(C)CC(C)C2)C[C@@H](C)C(=O)/C=C\C(C)=C/[C@@H]1CO[C@@H]1O[C@H](C)[C@@H](O)[C@@H](OC)[C@H]1OC. The van der Waals surface area contributed by atoms with Gasteiger partial charge < -0.3 is 63.4 Å². The van der Waals surface area contributed by atoms with E-state index in [-0.39, 0.29) is 24.7 Å². The number of ether oxygens (including phenoxy) is 7. The zero-order valence-electron chi connectivity index (χ0n) is 38.9. The van der Waals surface area contributed by atoms with Gasteiger partial charge in [-0.15, -0.1) is 0 Å². The number of piperidine rings is 1. The van der Waals surface area contributed by atoms with Gasteiger partial charge in [0, 0.05) is 45.1 Å². The molecule has 15 heteroatoms. The third-order valence-corrected chi connectivity index (χ3v) is 13.5. The van der Waals surface area contributed by atoms with Crippen molar-refractivity contribution >= 4 is 11.8 Å². The highest BCUT2D eigenvalue weighted by Gasteiger charge is 2.48. The van der Waals surface area contributed by atoms with Crippen LogP contribution in [0.3, 0.4) is 0 Å². The van der Waals surface area contributed by atoms with E-state index in [9.17, 15) is 30.0 Å². The Hall–Kier alpha value is -1.86. The summed E-state index contributed by atoms with van der Waals surface area (Å²) in [6.45, 7) is 18.2. The maximum absolute atomic E-state index is 14.0. The van der Waals surface area contributed by atoms with E-state index in [4.69, 9.17) is 33.2 Å².